The average Bonchev–Trinajstić information content (AvgIpc) is 2.84. The molecule has 1 fully saturated rings. The monoisotopic (exact) mass is 583 g/mol. The minimum Gasteiger partial charge on any atom is -1.00 e. The van der Waals surface area contributed by atoms with Gasteiger partial charge in [0.15, 0.2) is 0 Å². The molecule has 0 aliphatic carbocycles. The Bertz CT molecular complexity index is 1200. The number of carbonyl (C=O) groups is 1. The van der Waals surface area contributed by atoms with Gasteiger partial charge in [0.1, 0.15) is 6.54 Å². The Hall–Kier alpha value is -3.04. The van der Waals surface area contributed by atoms with Gasteiger partial charge in [-0.25, -0.2) is 0 Å². The van der Waals surface area contributed by atoms with Crippen LogP contribution in [0.25, 0.3) is 17.2 Å². The number of hydrogen-bond acceptors (Lipinski definition) is 3. The van der Waals surface area contributed by atoms with Gasteiger partial charge in [-0.2, -0.15) is 0 Å². The van der Waals surface area contributed by atoms with Crippen LogP contribution in [0.3, 0.4) is 0 Å². The van der Waals surface area contributed by atoms with Gasteiger partial charge in [0, 0.05) is 29.5 Å². The molecule has 1 saturated heterocycles. The van der Waals surface area contributed by atoms with Gasteiger partial charge in [-0.3, -0.25) is 14.9 Å². The van der Waals surface area contributed by atoms with Crippen molar-refractivity contribution in [2.24, 2.45) is 0 Å². The Morgan fingerprint density at radius 2 is 1.63 bits per heavy atom. The molecule has 0 spiro atoms. The first-order chi connectivity index (χ1) is 16.4. The van der Waals surface area contributed by atoms with Crippen molar-refractivity contribution in [1.29, 1.82) is 0 Å². The van der Waals surface area contributed by atoms with Gasteiger partial charge < -0.3 is 33.8 Å². The fourth-order valence-electron chi connectivity index (χ4n) is 4.54. The van der Waals surface area contributed by atoms with Gasteiger partial charge in [0.05, 0.1) is 25.1 Å². The molecule has 0 radical (unpaired) electrons. The van der Waals surface area contributed by atoms with Crippen LogP contribution < -0.4 is 29.3 Å². The Labute approximate surface area is 223 Å². The van der Waals surface area contributed by atoms with E-state index in [9.17, 15) is 14.9 Å². The lowest BCUT2D eigenvalue weighted by Crippen LogP contribution is -3.00. The molecule has 1 heterocycles. The molecule has 6 nitrogen and oxygen atoms in total. The molecule has 1 amide bonds. The first-order valence-electron chi connectivity index (χ1n) is 11.7. The molecule has 4 rings (SSSR count). The maximum Gasteiger partial charge on any atom is 0.270 e. The number of halogens is 1. The summed E-state index contributed by atoms with van der Waals surface area (Å²) in [6, 6.07) is 22.2. The fraction of sp³-hybridized carbons (Fsp3) is 0.250. The van der Waals surface area contributed by atoms with Gasteiger partial charge in [-0.15, -0.1) is 0 Å². The number of quaternary nitrogens is 1. The van der Waals surface area contributed by atoms with Crippen molar-refractivity contribution in [2.75, 3.05) is 25.5 Å². The van der Waals surface area contributed by atoms with E-state index in [0.29, 0.717) is 0 Å². The Morgan fingerprint density at radius 1 is 0.971 bits per heavy atom. The molecular weight excluding hydrogens is 553 g/mol. The van der Waals surface area contributed by atoms with Crippen LogP contribution in [-0.4, -0.2) is 35.5 Å². The second kappa shape index (κ2) is 12.1. The Kier molecular flexibility index (Phi) is 9.17. The number of nitro groups is 1. The normalized spacial score (nSPS) is 14.8. The van der Waals surface area contributed by atoms with E-state index >= 15 is 0 Å². The zero-order valence-corrected chi connectivity index (χ0v) is 22.0. The molecular formula is C28H30IN3O3. The smallest absolute Gasteiger partial charge is 0.270 e. The summed E-state index contributed by atoms with van der Waals surface area (Å²) < 4.78 is 1.09. The number of likely N-dealkylation sites (tertiary alicyclic amines) is 1. The molecule has 0 unspecified atom stereocenters. The summed E-state index contributed by atoms with van der Waals surface area (Å²) in [7, 11) is 2.33. The molecule has 0 atom stereocenters. The van der Waals surface area contributed by atoms with E-state index in [1.165, 1.54) is 50.1 Å². The van der Waals surface area contributed by atoms with Crippen molar-refractivity contribution in [3.05, 3.63) is 100 Å². The van der Waals surface area contributed by atoms with E-state index in [0.717, 1.165) is 33.4 Å². The lowest BCUT2D eigenvalue weighted by molar-refractivity contribution is -0.926. The zero-order valence-electron chi connectivity index (χ0n) is 19.8. The molecule has 0 saturated carbocycles. The van der Waals surface area contributed by atoms with Crippen molar-refractivity contribution in [3.63, 3.8) is 0 Å². The van der Waals surface area contributed by atoms with Crippen LogP contribution in [0, 0.1) is 10.1 Å². The molecule has 0 aromatic heterocycles. The number of hydrogen-bond donors (Lipinski definition) is 1. The van der Waals surface area contributed by atoms with E-state index in [4.69, 9.17) is 0 Å². The second-order valence-corrected chi connectivity index (χ2v) is 9.24. The summed E-state index contributed by atoms with van der Waals surface area (Å²) in [6.45, 7) is 3.48. The highest BCUT2D eigenvalue weighted by Gasteiger charge is 2.24. The molecule has 7 heteroatoms. The van der Waals surface area contributed by atoms with Crippen LogP contribution in [0.5, 0.6) is 0 Å². The van der Waals surface area contributed by atoms with Crippen molar-refractivity contribution >= 4 is 23.4 Å². The number of piperidine rings is 1. The van der Waals surface area contributed by atoms with Crippen molar-refractivity contribution in [1.82, 2.24) is 0 Å². The largest absolute Gasteiger partial charge is 1.00 e. The molecule has 3 aromatic rings. The number of amides is 1. The average molecular weight is 583 g/mol. The predicted octanol–water partition coefficient (Wildman–Crippen LogP) is 3.05. The van der Waals surface area contributed by atoms with Gasteiger partial charge in [0.25, 0.3) is 5.69 Å². The SMILES string of the molecule is C[N+]1(Cc2ccc(NC(=O)C=Cc3cccc(-c4cccc([N+](=O)[O-])c4)c3)cc2)CCCCC1.[I-]. The minimum absolute atomic E-state index is 0. The molecule has 3 aromatic carbocycles. The molecule has 1 N–H and O–H groups in total. The highest BCUT2D eigenvalue weighted by molar-refractivity contribution is 6.02. The van der Waals surface area contributed by atoms with E-state index in [1.54, 1.807) is 18.2 Å². The van der Waals surface area contributed by atoms with E-state index < -0.39 is 4.92 Å². The minimum atomic E-state index is -0.403. The molecule has 1 aliphatic rings. The molecule has 35 heavy (non-hydrogen) atoms. The number of nitrogens with one attached hydrogen (secondary N) is 1. The highest BCUT2D eigenvalue weighted by Crippen LogP contribution is 2.25. The predicted molar refractivity (Wildman–Crippen MR) is 136 cm³/mol. The fourth-order valence-corrected chi connectivity index (χ4v) is 4.54. The van der Waals surface area contributed by atoms with Crippen LogP contribution >= 0.6 is 0 Å². The van der Waals surface area contributed by atoms with Gasteiger partial charge in [-0.1, -0.05) is 42.5 Å². The van der Waals surface area contributed by atoms with Gasteiger partial charge >= 0.3 is 0 Å². The number of benzene rings is 3. The number of nitrogens with zero attached hydrogens (tertiary/aromatic N) is 2. The van der Waals surface area contributed by atoms with Crippen molar-refractivity contribution in [3.8, 4) is 11.1 Å². The maximum absolute atomic E-state index is 12.4. The first-order valence-corrected chi connectivity index (χ1v) is 11.7. The van der Waals surface area contributed by atoms with Crippen LogP contribution in [0.15, 0.2) is 78.9 Å². The van der Waals surface area contributed by atoms with Gasteiger partial charge in [0.2, 0.25) is 5.91 Å². The van der Waals surface area contributed by atoms with E-state index in [-0.39, 0.29) is 35.6 Å². The zero-order chi connectivity index (χ0) is 24.0. The Morgan fingerprint density at radius 3 is 2.31 bits per heavy atom. The molecule has 1 aliphatic heterocycles. The van der Waals surface area contributed by atoms with Crippen LogP contribution in [0.1, 0.15) is 30.4 Å². The number of non-ortho nitro benzene ring substituents is 1. The standard InChI is InChI=1S/C28H29N3O3.HI/c1-31(17-3-2-4-18-31)21-23-11-14-26(15-12-23)29-28(32)16-13-22-7-5-8-24(19-22)25-9-6-10-27(20-25)30(33)34;/h5-16,19-20H,2-4,17-18,21H2,1H3;1H. The summed E-state index contributed by atoms with van der Waals surface area (Å²) >= 11 is 0. The summed E-state index contributed by atoms with van der Waals surface area (Å²) in [4.78, 5) is 23.1. The highest BCUT2D eigenvalue weighted by atomic mass is 127. The van der Waals surface area contributed by atoms with Crippen LogP contribution in [0.4, 0.5) is 11.4 Å². The summed E-state index contributed by atoms with van der Waals surface area (Å²) in [5.74, 6) is -0.205. The number of rotatable bonds is 7. The first kappa shape index (κ1) is 26.6. The van der Waals surface area contributed by atoms with Crippen molar-refractivity contribution in [2.45, 2.75) is 25.8 Å². The topological polar surface area (TPSA) is 72.2 Å². The third-order valence-electron chi connectivity index (χ3n) is 6.39. The number of nitro benzene ring substituents is 1. The lowest BCUT2D eigenvalue weighted by Gasteiger charge is -2.37. The maximum atomic E-state index is 12.4. The van der Waals surface area contributed by atoms with Crippen LogP contribution in [0.2, 0.25) is 0 Å². The number of carbonyl (C=O) groups excluding carboxylic acids is 1. The molecule has 0 bridgehead atoms. The number of anilines is 1. The lowest BCUT2D eigenvalue weighted by atomic mass is 10.0. The quantitative estimate of drug-likeness (QED) is 0.153. The van der Waals surface area contributed by atoms with E-state index in [1.807, 2.05) is 42.5 Å². The van der Waals surface area contributed by atoms with Crippen molar-refractivity contribution < 1.29 is 38.2 Å². The Balaban J connectivity index is 0.00000342. The molecule has 182 valence electrons. The third-order valence-corrected chi connectivity index (χ3v) is 6.39. The van der Waals surface area contributed by atoms with E-state index in [2.05, 4.69) is 24.5 Å². The summed E-state index contributed by atoms with van der Waals surface area (Å²) in [5.41, 5.74) is 4.56. The second-order valence-electron chi connectivity index (χ2n) is 9.24. The summed E-state index contributed by atoms with van der Waals surface area (Å²) in [5, 5.41) is 14.0. The summed E-state index contributed by atoms with van der Waals surface area (Å²) in [6.07, 6.45) is 7.17. The third kappa shape index (κ3) is 7.47. The van der Waals surface area contributed by atoms with Gasteiger partial charge in [-0.05, 0) is 60.2 Å². The van der Waals surface area contributed by atoms with Crippen LogP contribution in [-0.2, 0) is 11.3 Å².